The third-order valence-corrected chi connectivity index (χ3v) is 5.05. The largest absolute Gasteiger partial charge is 0.324 e. The SMILES string of the molecule is O=C1Nc2ccccc2CC[C@H]1n1nc(-c2ccc(Br)cc2)ccc1=O. The number of aromatic nitrogens is 2. The number of carbonyl (C=O) groups excluding carboxylic acids is 1. The molecule has 3 aromatic rings. The molecule has 0 fully saturated rings. The van der Waals surface area contributed by atoms with Gasteiger partial charge in [0.25, 0.3) is 5.56 Å². The van der Waals surface area contributed by atoms with E-state index in [4.69, 9.17) is 0 Å². The van der Waals surface area contributed by atoms with E-state index in [1.807, 2.05) is 48.5 Å². The Bertz CT molecular complexity index is 1030. The van der Waals surface area contributed by atoms with Gasteiger partial charge in [-0.3, -0.25) is 9.59 Å². The summed E-state index contributed by atoms with van der Waals surface area (Å²) in [5.41, 5.74) is 3.14. The minimum Gasteiger partial charge on any atom is -0.324 e. The smallest absolute Gasteiger partial charge is 0.267 e. The minimum atomic E-state index is -0.634. The van der Waals surface area contributed by atoms with Crippen molar-refractivity contribution in [1.82, 2.24) is 9.78 Å². The number of fused-ring (bicyclic) bond motifs is 1. The molecule has 0 bridgehead atoms. The van der Waals surface area contributed by atoms with E-state index in [1.54, 1.807) is 6.07 Å². The molecule has 0 saturated heterocycles. The van der Waals surface area contributed by atoms with Gasteiger partial charge in [-0.25, -0.2) is 4.68 Å². The van der Waals surface area contributed by atoms with Gasteiger partial charge < -0.3 is 5.32 Å². The number of hydrogen-bond donors (Lipinski definition) is 1. The predicted molar refractivity (Wildman–Crippen MR) is 104 cm³/mol. The van der Waals surface area contributed by atoms with Gasteiger partial charge in [0.2, 0.25) is 5.91 Å². The Balaban J connectivity index is 1.71. The zero-order valence-electron chi connectivity index (χ0n) is 13.9. The summed E-state index contributed by atoms with van der Waals surface area (Å²) in [6, 6.07) is 17.9. The molecule has 130 valence electrons. The lowest BCUT2D eigenvalue weighted by Crippen LogP contribution is -2.34. The van der Waals surface area contributed by atoms with Crippen molar-refractivity contribution >= 4 is 27.5 Å². The van der Waals surface area contributed by atoms with E-state index in [1.165, 1.54) is 10.7 Å². The Hall–Kier alpha value is -2.73. The fourth-order valence-electron chi connectivity index (χ4n) is 3.16. The van der Waals surface area contributed by atoms with Crippen molar-refractivity contribution in [3.63, 3.8) is 0 Å². The topological polar surface area (TPSA) is 64.0 Å². The molecule has 6 heteroatoms. The molecular weight excluding hydrogens is 394 g/mol. The minimum absolute atomic E-state index is 0.211. The molecule has 5 nitrogen and oxygen atoms in total. The Morgan fingerprint density at radius 1 is 1.00 bits per heavy atom. The maximum Gasteiger partial charge on any atom is 0.267 e. The van der Waals surface area contributed by atoms with Crippen LogP contribution in [0.1, 0.15) is 18.0 Å². The molecule has 1 aliphatic rings. The van der Waals surface area contributed by atoms with E-state index in [0.717, 1.165) is 21.3 Å². The average Bonchev–Trinajstić information content (AvgIpc) is 2.81. The summed E-state index contributed by atoms with van der Waals surface area (Å²) in [5, 5.41) is 7.40. The second-order valence-electron chi connectivity index (χ2n) is 6.21. The Kier molecular flexibility index (Phi) is 4.42. The number of halogens is 1. The lowest BCUT2D eigenvalue weighted by atomic mass is 10.1. The molecule has 4 rings (SSSR count). The Labute approximate surface area is 158 Å². The van der Waals surface area contributed by atoms with Crippen LogP contribution in [0.5, 0.6) is 0 Å². The first kappa shape index (κ1) is 16.7. The first-order chi connectivity index (χ1) is 12.6. The number of aryl methyl sites for hydroxylation is 1. The molecule has 0 unspecified atom stereocenters. The number of carbonyl (C=O) groups is 1. The number of nitrogens with one attached hydrogen (secondary N) is 1. The van der Waals surface area contributed by atoms with Crippen molar-refractivity contribution < 1.29 is 4.79 Å². The maximum absolute atomic E-state index is 12.7. The van der Waals surface area contributed by atoms with Crippen LogP contribution in [0, 0.1) is 0 Å². The molecule has 1 N–H and O–H groups in total. The number of nitrogens with zero attached hydrogens (tertiary/aromatic N) is 2. The van der Waals surface area contributed by atoms with Crippen LogP contribution in [-0.4, -0.2) is 15.7 Å². The Morgan fingerprint density at radius 3 is 2.58 bits per heavy atom. The summed E-state index contributed by atoms with van der Waals surface area (Å²) in [4.78, 5) is 25.1. The number of rotatable bonds is 2. The van der Waals surface area contributed by atoms with Gasteiger partial charge in [-0.2, -0.15) is 5.10 Å². The normalized spacial score (nSPS) is 16.5. The van der Waals surface area contributed by atoms with Gasteiger partial charge in [-0.1, -0.05) is 46.3 Å². The zero-order valence-corrected chi connectivity index (χ0v) is 15.4. The highest BCUT2D eigenvalue weighted by Gasteiger charge is 2.26. The maximum atomic E-state index is 12.7. The third-order valence-electron chi connectivity index (χ3n) is 4.53. The summed E-state index contributed by atoms with van der Waals surface area (Å²) in [7, 11) is 0. The number of benzene rings is 2. The first-order valence-corrected chi connectivity index (χ1v) is 9.16. The molecule has 2 heterocycles. The van der Waals surface area contributed by atoms with Gasteiger partial charge in [0.15, 0.2) is 0 Å². The van der Waals surface area contributed by atoms with Gasteiger partial charge in [-0.05, 0) is 42.7 Å². The van der Waals surface area contributed by atoms with Gasteiger partial charge in [0.1, 0.15) is 6.04 Å². The molecule has 26 heavy (non-hydrogen) atoms. The van der Waals surface area contributed by atoms with Crippen molar-refractivity contribution in [1.29, 1.82) is 0 Å². The summed E-state index contributed by atoms with van der Waals surface area (Å²) < 4.78 is 2.27. The third kappa shape index (κ3) is 3.20. The van der Waals surface area contributed by atoms with Crippen LogP contribution in [-0.2, 0) is 11.2 Å². The highest BCUT2D eigenvalue weighted by molar-refractivity contribution is 9.10. The molecular formula is C20H16BrN3O2. The van der Waals surface area contributed by atoms with E-state index >= 15 is 0 Å². The number of amides is 1. The van der Waals surface area contributed by atoms with E-state index in [-0.39, 0.29) is 11.5 Å². The fourth-order valence-corrected chi connectivity index (χ4v) is 3.42. The second kappa shape index (κ2) is 6.88. The van der Waals surface area contributed by atoms with Gasteiger partial charge >= 0.3 is 0 Å². The molecule has 0 radical (unpaired) electrons. The van der Waals surface area contributed by atoms with Crippen LogP contribution in [0.3, 0.4) is 0 Å². The zero-order chi connectivity index (χ0) is 18.1. The average molecular weight is 410 g/mol. The van der Waals surface area contributed by atoms with E-state index < -0.39 is 6.04 Å². The van der Waals surface area contributed by atoms with E-state index in [0.29, 0.717) is 18.5 Å². The predicted octanol–water partition coefficient (Wildman–Crippen LogP) is 3.80. The Morgan fingerprint density at radius 2 is 1.77 bits per heavy atom. The molecule has 2 aromatic carbocycles. The first-order valence-electron chi connectivity index (χ1n) is 8.36. The van der Waals surface area contributed by atoms with Crippen molar-refractivity contribution in [3.05, 3.63) is 81.1 Å². The van der Waals surface area contributed by atoms with Crippen molar-refractivity contribution in [2.24, 2.45) is 0 Å². The van der Waals surface area contributed by atoms with E-state index in [9.17, 15) is 9.59 Å². The van der Waals surface area contributed by atoms with Crippen molar-refractivity contribution in [2.45, 2.75) is 18.9 Å². The monoisotopic (exact) mass is 409 g/mol. The number of anilines is 1. The molecule has 0 spiro atoms. The van der Waals surface area contributed by atoms with Crippen LogP contribution < -0.4 is 10.9 Å². The van der Waals surface area contributed by atoms with Gasteiger partial charge in [0.05, 0.1) is 5.69 Å². The van der Waals surface area contributed by atoms with Crippen LogP contribution in [0.15, 0.2) is 69.9 Å². The molecule has 1 aliphatic heterocycles. The van der Waals surface area contributed by atoms with Gasteiger partial charge in [0, 0.05) is 21.8 Å². The summed E-state index contributed by atoms with van der Waals surface area (Å²) in [6.07, 6.45) is 1.23. The summed E-state index contributed by atoms with van der Waals surface area (Å²) in [5.74, 6) is -0.211. The molecule has 0 saturated carbocycles. The van der Waals surface area contributed by atoms with Crippen LogP contribution in [0.25, 0.3) is 11.3 Å². The van der Waals surface area contributed by atoms with Crippen molar-refractivity contribution in [2.75, 3.05) is 5.32 Å². The molecule has 0 aliphatic carbocycles. The van der Waals surface area contributed by atoms with Crippen LogP contribution >= 0.6 is 15.9 Å². The number of hydrogen-bond acceptors (Lipinski definition) is 3. The van der Waals surface area contributed by atoms with Gasteiger partial charge in [-0.15, -0.1) is 0 Å². The second-order valence-corrected chi connectivity index (χ2v) is 7.12. The molecule has 1 atom stereocenters. The molecule has 1 amide bonds. The van der Waals surface area contributed by atoms with E-state index in [2.05, 4.69) is 26.3 Å². The summed E-state index contributed by atoms with van der Waals surface area (Å²) >= 11 is 3.41. The molecule has 1 aromatic heterocycles. The highest BCUT2D eigenvalue weighted by atomic mass is 79.9. The number of para-hydroxylation sites is 1. The quantitative estimate of drug-likeness (QED) is 0.699. The van der Waals surface area contributed by atoms with Crippen LogP contribution in [0.2, 0.25) is 0 Å². The standard InChI is InChI=1S/C20H16BrN3O2/c21-15-8-5-14(6-9-15)17-10-12-19(25)24(23-17)18-11-7-13-3-1-2-4-16(13)22-20(18)26/h1-6,8-10,12,18H,7,11H2,(H,22,26)/t18-/m1/s1. The lowest BCUT2D eigenvalue weighted by molar-refractivity contribution is -0.119. The lowest BCUT2D eigenvalue weighted by Gasteiger charge is -2.16. The summed E-state index contributed by atoms with van der Waals surface area (Å²) in [6.45, 7) is 0. The highest BCUT2D eigenvalue weighted by Crippen LogP contribution is 2.26. The van der Waals surface area contributed by atoms with Crippen LogP contribution in [0.4, 0.5) is 5.69 Å². The fraction of sp³-hybridized carbons (Fsp3) is 0.150. The van der Waals surface area contributed by atoms with Crippen molar-refractivity contribution in [3.8, 4) is 11.3 Å².